The van der Waals surface area contributed by atoms with E-state index in [0.29, 0.717) is 0 Å². The Bertz CT molecular complexity index is 451. The molecule has 0 spiro atoms. The van der Waals surface area contributed by atoms with Crippen LogP contribution in [0.1, 0.15) is 71.1 Å². The first kappa shape index (κ1) is 15.7. The van der Waals surface area contributed by atoms with Crippen molar-refractivity contribution >= 4 is 28.6 Å². The summed E-state index contributed by atoms with van der Waals surface area (Å²) < 4.78 is 5.47. The Balaban J connectivity index is 1.47. The standard InChI is InChI=1S/C19H29IO2/c1-12(21)22-19(20)10-9-16-14(11-19)6-8-17-15-4-2-3-13(15)5-7-18(16)17/h13-18H,2-11H2,1H3/t13-,14-,15+,16-,17-,18+,19+/m0/s1. The molecule has 4 rings (SSSR count). The van der Waals surface area contributed by atoms with Gasteiger partial charge in [-0.2, -0.15) is 0 Å². The molecule has 0 aromatic heterocycles. The second-order valence-corrected chi connectivity index (χ2v) is 10.4. The Morgan fingerprint density at radius 2 is 1.59 bits per heavy atom. The van der Waals surface area contributed by atoms with E-state index in [0.717, 1.165) is 48.3 Å². The van der Waals surface area contributed by atoms with Crippen LogP contribution in [0.3, 0.4) is 0 Å². The molecule has 0 bridgehead atoms. The Morgan fingerprint density at radius 3 is 2.32 bits per heavy atom. The Labute approximate surface area is 148 Å². The lowest BCUT2D eigenvalue weighted by molar-refractivity contribution is -0.153. The third-order valence-electron chi connectivity index (χ3n) is 7.46. The van der Waals surface area contributed by atoms with Crippen molar-refractivity contribution in [1.82, 2.24) is 0 Å². The van der Waals surface area contributed by atoms with E-state index in [9.17, 15) is 4.79 Å². The van der Waals surface area contributed by atoms with Crippen molar-refractivity contribution in [2.24, 2.45) is 35.5 Å². The van der Waals surface area contributed by atoms with Gasteiger partial charge in [-0.25, -0.2) is 0 Å². The molecule has 0 radical (unpaired) electrons. The fourth-order valence-electron chi connectivity index (χ4n) is 6.78. The molecule has 0 amide bonds. The topological polar surface area (TPSA) is 26.3 Å². The van der Waals surface area contributed by atoms with E-state index in [1.165, 1.54) is 51.4 Å². The van der Waals surface area contributed by atoms with Crippen LogP contribution in [0.5, 0.6) is 0 Å². The maximum absolute atomic E-state index is 11.4. The predicted molar refractivity (Wildman–Crippen MR) is 95.6 cm³/mol. The highest BCUT2D eigenvalue weighted by Crippen LogP contribution is 2.59. The van der Waals surface area contributed by atoms with Crippen molar-refractivity contribution in [2.45, 2.75) is 74.7 Å². The molecule has 4 fully saturated rings. The molecule has 4 aliphatic carbocycles. The SMILES string of the molecule is CC(=O)O[C@]1(I)CC[C@H]2[C@@H](CC[C@@H]3[C@@H]2CC[C@@H]2CCC[C@H]23)C1. The van der Waals surface area contributed by atoms with Gasteiger partial charge in [0.15, 0.2) is 3.61 Å². The van der Waals surface area contributed by atoms with Gasteiger partial charge in [0, 0.05) is 6.92 Å². The predicted octanol–water partition coefficient (Wildman–Crippen LogP) is 5.33. The van der Waals surface area contributed by atoms with Crippen molar-refractivity contribution < 1.29 is 9.53 Å². The molecule has 7 atom stereocenters. The zero-order chi connectivity index (χ0) is 15.3. The lowest BCUT2D eigenvalue weighted by Gasteiger charge is -2.53. The molecular weight excluding hydrogens is 387 g/mol. The van der Waals surface area contributed by atoms with Gasteiger partial charge in [-0.1, -0.05) is 12.8 Å². The van der Waals surface area contributed by atoms with Gasteiger partial charge in [-0.15, -0.1) is 0 Å². The molecule has 0 saturated heterocycles. The van der Waals surface area contributed by atoms with Crippen LogP contribution in [-0.2, 0) is 9.53 Å². The van der Waals surface area contributed by atoms with E-state index < -0.39 is 0 Å². The van der Waals surface area contributed by atoms with Crippen LogP contribution in [0, 0.1) is 35.5 Å². The summed E-state index contributed by atoms with van der Waals surface area (Å²) >= 11 is 2.42. The molecule has 3 heteroatoms. The minimum Gasteiger partial charge on any atom is -0.449 e. The van der Waals surface area contributed by atoms with Crippen molar-refractivity contribution in [3.63, 3.8) is 0 Å². The minimum atomic E-state index is -0.206. The number of hydrogen-bond donors (Lipinski definition) is 0. The summed E-state index contributed by atoms with van der Waals surface area (Å²) in [5, 5.41) is 0. The van der Waals surface area contributed by atoms with E-state index >= 15 is 0 Å². The summed E-state index contributed by atoms with van der Waals surface area (Å²) in [6, 6.07) is 0. The fourth-order valence-corrected chi connectivity index (χ4v) is 7.97. The number of carbonyl (C=O) groups excluding carboxylic acids is 1. The normalized spacial score (nSPS) is 50.6. The Kier molecular flexibility index (Phi) is 4.23. The van der Waals surface area contributed by atoms with Crippen LogP contribution in [0.2, 0.25) is 0 Å². The third kappa shape index (κ3) is 2.73. The zero-order valence-electron chi connectivity index (χ0n) is 13.7. The largest absolute Gasteiger partial charge is 0.449 e. The second kappa shape index (κ2) is 5.93. The first-order valence-electron chi connectivity index (χ1n) is 9.44. The van der Waals surface area contributed by atoms with Gasteiger partial charge >= 0.3 is 5.97 Å². The van der Waals surface area contributed by atoms with Crippen LogP contribution in [-0.4, -0.2) is 9.58 Å². The van der Waals surface area contributed by atoms with Gasteiger partial charge in [0.05, 0.1) is 0 Å². The van der Waals surface area contributed by atoms with Crippen LogP contribution < -0.4 is 0 Å². The number of fused-ring (bicyclic) bond motifs is 5. The molecule has 0 unspecified atom stereocenters. The summed E-state index contributed by atoms with van der Waals surface area (Å²) in [6.07, 6.45) is 13.9. The van der Waals surface area contributed by atoms with Crippen LogP contribution in [0.25, 0.3) is 0 Å². The lowest BCUT2D eigenvalue weighted by atomic mass is 9.53. The highest BCUT2D eigenvalue weighted by Gasteiger charge is 2.52. The van der Waals surface area contributed by atoms with E-state index in [2.05, 4.69) is 22.6 Å². The number of esters is 1. The number of halogens is 1. The summed E-state index contributed by atoms with van der Waals surface area (Å²) in [5.74, 6) is 5.82. The monoisotopic (exact) mass is 416 g/mol. The highest BCUT2D eigenvalue weighted by atomic mass is 127. The highest BCUT2D eigenvalue weighted by molar-refractivity contribution is 14.1. The molecule has 0 aliphatic heterocycles. The van der Waals surface area contributed by atoms with Crippen LogP contribution >= 0.6 is 22.6 Å². The van der Waals surface area contributed by atoms with E-state index in [-0.39, 0.29) is 9.58 Å². The van der Waals surface area contributed by atoms with Crippen LogP contribution in [0.4, 0.5) is 0 Å². The molecule has 4 saturated carbocycles. The van der Waals surface area contributed by atoms with Gasteiger partial charge < -0.3 is 4.74 Å². The zero-order valence-corrected chi connectivity index (χ0v) is 15.9. The summed E-state index contributed by atoms with van der Waals surface area (Å²) in [5.41, 5.74) is 0. The average Bonchev–Trinajstić information content (AvgIpc) is 2.93. The number of carbonyl (C=O) groups is 1. The fraction of sp³-hybridized carbons (Fsp3) is 0.947. The average molecular weight is 416 g/mol. The van der Waals surface area contributed by atoms with Crippen LogP contribution in [0.15, 0.2) is 0 Å². The molecule has 22 heavy (non-hydrogen) atoms. The quantitative estimate of drug-likeness (QED) is 0.328. The van der Waals surface area contributed by atoms with Gasteiger partial charge in [0.1, 0.15) is 0 Å². The van der Waals surface area contributed by atoms with Crippen molar-refractivity contribution in [3.8, 4) is 0 Å². The maximum Gasteiger partial charge on any atom is 0.303 e. The Morgan fingerprint density at radius 1 is 0.909 bits per heavy atom. The second-order valence-electron chi connectivity index (χ2n) is 8.48. The molecular formula is C19H29IO2. The van der Waals surface area contributed by atoms with E-state index in [1.54, 1.807) is 6.92 Å². The first-order valence-corrected chi connectivity index (χ1v) is 10.5. The van der Waals surface area contributed by atoms with Gasteiger partial charge in [0.2, 0.25) is 0 Å². The lowest BCUT2D eigenvalue weighted by Crippen LogP contribution is -2.47. The summed E-state index contributed by atoms with van der Waals surface area (Å²) in [4.78, 5) is 11.4. The Hall–Kier alpha value is 0.200. The third-order valence-corrected chi connectivity index (χ3v) is 8.66. The summed E-state index contributed by atoms with van der Waals surface area (Å²) in [7, 11) is 0. The molecule has 4 aliphatic rings. The molecule has 0 heterocycles. The maximum atomic E-state index is 11.4. The molecule has 124 valence electrons. The molecule has 0 N–H and O–H groups in total. The minimum absolute atomic E-state index is 0.104. The molecule has 0 aromatic carbocycles. The number of hydrogen-bond acceptors (Lipinski definition) is 2. The summed E-state index contributed by atoms with van der Waals surface area (Å²) in [6.45, 7) is 1.56. The van der Waals surface area contributed by atoms with Gasteiger partial charge in [-0.05, 0) is 109 Å². The van der Waals surface area contributed by atoms with Crippen molar-refractivity contribution in [1.29, 1.82) is 0 Å². The van der Waals surface area contributed by atoms with E-state index in [1.807, 2.05) is 0 Å². The smallest absolute Gasteiger partial charge is 0.303 e. The molecule has 2 nitrogen and oxygen atoms in total. The number of alkyl halides is 1. The van der Waals surface area contributed by atoms with E-state index in [4.69, 9.17) is 4.74 Å². The number of rotatable bonds is 1. The number of ether oxygens (including phenoxy) is 1. The van der Waals surface area contributed by atoms with Gasteiger partial charge in [0.25, 0.3) is 0 Å². The van der Waals surface area contributed by atoms with Gasteiger partial charge in [-0.3, -0.25) is 4.79 Å². The van der Waals surface area contributed by atoms with Crippen molar-refractivity contribution in [3.05, 3.63) is 0 Å². The van der Waals surface area contributed by atoms with Crippen molar-refractivity contribution in [2.75, 3.05) is 0 Å². The first-order chi connectivity index (χ1) is 10.6. The molecule has 0 aromatic rings.